The van der Waals surface area contributed by atoms with Gasteiger partial charge in [0.15, 0.2) is 0 Å². The first-order valence-electron chi connectivity index (χ1n) is 6.85. The van der Waals surface area contributed by atoms with E-state index in [1.807, 2.05) is 24.3 Å². The van der Waals surface area contributed by atoms with E-state index in [0.29, 0.717) is 6.42 Å². The molecule has 0 unspecified atom stereocenters. The molecule has 0 aromatic heterocycles. The van der Waals surface area contributed by atoms with Crippen molar-refractivity contribution in [1.29, 1.82) is 0 Å². The fourth-order valence-electron chi connectivity index (χ4n) is 3.10. The molecule has 3 rings (SSSR count). The van der Waals surface area contributed by atoms with Crippen LogP contribution in [0.25, 0.3) is 0 Å². The van der Waals surface area contributed by atoms with Crippen molar-refractivity contribution in [1.82, 2.24) is 5.06 Å². The summed E-state index contributed by atoms with van der Waals surface area (Å²) in [5, 5.41) is 0.992. The van der Waals surface area contributed by atoms with E-state index in [1.54, 1.807) is 0 Å². The lowest BCUT2D eigenvalue weighted by Gasteiger charge is -2.20. The Balaban J connectivity index is 1.68. The number of hydroxylamine groups is 2. The van der Waals surface area contributed by atoms with Gasteiger partial charge in [0.2, 0.25) is 0 Å². The zero-order chi connectivity index (χ0) is 14.2. The van der Waals surface area contributed by atoms with Gasteiger partial charge in [-0.05, 0) is 30.5 Å². The van der Waals surface area contributed by atoms with Crippen LogP contribution >= 0.6 is 15.9 Å². The summed E-state index contributed by atoms with van der Waals surface area (Å²) in [6, 6.07) is 7.63. The predicted octanol–water partition coefficient (Wildman–Crippen LogP) is 3.20. The van der Waals surface area contributed by atoms with E-state index in [2.05, 4.69) is 15.9 Å². The van der Waals surface area contributed by atoms with Crippen LogP contribution in [-0.2, 0) is 21.0 Å². The zero-order valence-corrected chi connectivity index (χ0v) is 12.7. The first kappa shape index (κ1) is 13.8. The van der Waals surface area contributed by atoms with Crippen molar-refractivity contribution in [3.63, 3.8) is 0 Å². The number of carbonyl (C=O) groups is 2. The van der Waals surface area contributed by atoms with E-state index in [4.69, 9.17) is 4.84 Å². The van der Waals surface area contributed by atoms with Crippen LogP contribution in [0.15, 0.2) is 28.7 Å². The van der Waals surface area contributed by atoms with Crippen molar-refractivity contribution in [3.05, 3.63) is 34.3 Å². The van der Waals surface area contributed by atoms with Crippen LogP contribution in [0, 0.1) is 5.41 Å². The smallest absolute Gasteiger partial charge is 0.260 e. The molecule has 1 aliphatic heterocycles. The van der Waals surface area contributed by atoms with Crippen LogP contribution in [0.2, 0.25) is 0 Å². The van der Waals surface area contributed by atoms with Gasteiger partial charge in [-0.1, -0.05) is 40.9 Å². The summed E-state index contributed by atoms with van der Waals surface area (Å²) in [6.45, 7) is 0.229. The minimum atomic E-state index is -0.464. The Bertz CT molecular complexity index is 552. The third-order valence-corrected chi connectivity index (χ3v) is 4.66. The van der Waals surface area contributed by atoms with E-state index in [-0.39, 0.29) is 18.4 Å². The van der Waals surface area contributed by atoms with Crippen molar-refractivity contribution in [2.75, 3.05) is 0 Å². The SMILES string of the molecule is O=C1CC2(CCCC2)C(=O)N1OCc1cccc(Br)c1. The number of nitrogens with zero attached hydrogens (tertiary/aromatic N) is 1. The lowest BCUT2D eigenvalue weighted by molar-refractivity contribution is -0.194. The van der Waals surface area contributed by atoms with E-state index < -0.39 is 5.41 Å². The number of halogens is 1. The van der Waals surface area contributed by atoms with Crippen LogP contribution < -0.4 is 0 Å². The predicted molar refractivity (Wildman–Crippen MR) is 76.3 cm³/mol. The molecule has 1 heterocycles. The highest BCUT2D eigenvalue weighted by Gasteiger charge is 2.53. The van der Waals surface area contributed by atoms with Crippen molar-refractivity contribution in [2.24, 2.45) is 5.41 Å². The summed E-state index contributed by atoms with van der Waals surface area (Å²) < 4.78 is 0.949. The molecule has 0 N–H and O–H groups in total. The number of amides is 2. The highest BCUT2D eigenvalue weighted by atomic mass is 79.9. The molecule has 106 valence electrons. The highest BCUT2D eigenvalue weighted by molar-refractivity contribution is 9.10. The quantitative estimate of drug-likeness (QED) is 0.795. The second-order valence-corrected chi connectivity index (χ2v) is 6.48. The fourth-order valence-corrected chi connectivity index (χ4v) is 3.55. The maximum atomic E-state index is 12.4. The molecule has 2 aliphatic rings. The van der Waals surface area contributed by atoms with Crippen molar-refractivity contribution in [2.45, 2.75) is 38.7 Å². The molecule has 1 aliphatic carbocycles. The second-order valence-electron chi connectivity index (χ2n) is 5.56. The Kier molecular flexibility index (Phi) is 3.65. The monoisotopic (exact) mass is 337 g/mol. The van der Waals surface area contributed by atoms with E-state index in [1.165, 1.54) is 0 Å². The van der Waals surface area contributed by atoms with Crippen LogP contribution in [0.3, 0.4) is 0 Å². The van der Waals surface area contributed by atoms with Gasteiger partial charge in [0, 0.05) is 10.9 Å². The molecule has 1 spiro atoms. The molecule has 4 nitrogen and oxygen atoms in total. The number of hydrogen-bond donors (Lipinski definition) is 0. The third-order valence-electron chi connectivity index (χ3n) is 4.16. The number of rotatable bonds is 3. The largest absolute Gasteiger partial charge is 0.272 e. The fraction of sp³-hybridized carbons (Fsp3) is 0.467. The molecule has 5 heteroatoms. The Labute approximate surface area is 126 Å². The number of imide groups is 1. The minimum Gasteiger partial charge on any atom is -0.272 e. The van der Waals surface area contributed by atoms with E-state index in [9.17, 15) is 9.59 Å². The molecule has 1 aromatic rings. The second kappa shape index (κ2) is 5.30. The van der Waals surface area contributed by atoms with E-state index >= 15 is 0 Å². The molecular weight excluding hydrogens is 322 g/mol. The summed E-state index contributed by atoms with van der Waals surface area (Å²) in [4.78, 5) is 29.9. The topological polar surface area (TPSA) is 46.6 Å². The summed E-state index contributed by atoms with van der Waals surface area (Å²) in [5.41, 5.74) is 0.460. The van der Waals surface area contributed by atoms with Crippen molar-refractivity contribution >= 4 is 27.7 Å². The summed E-state index contributed by atoms with van der Waals surface area (Å²) >= 11 is 3.39. The third kappa shape index (κ3) is 2.40. The molecule has 0 atom stereocenters. The van der Waals surface area contributed by atoms with Gasteiger partial charge in [-0.3, -0.25) is 14.4 Å². The van der Waals surface area contributed by atoms with Crippen molar-refractivity contribution < 1.29 is 14.4 Å². The zero-order valence-electron chi connectivity index (χ0n) is 11.1. The molecule has 2 amide bonds. The lowest BCUT2D eigenvalue weighted by atomic mass is 9.85. The Morgan fingerprint density at radius 2 is 2.00 bits per heavy atom. The van der Waals surface area contributed by atoms with Crippen LogP contribution in [0.1, 0.15) is 37.7 Å². The average Bonchev–Trinajstić information content (AvgIpc) is 2.96. The average molecular weight is 338 g/mol. The Morgan fingerprint density at radius 1 is 1.25 bits per heavy atom. The number of benzene rings is 1. The van der Waals surface area contributed by atoms with Crippen molar-refractivity contribution in [3.8, 4) is 0 Å². The van der Waals surface area contributed by atoms with Gasteiger partial charge < -0.3 is 0 Å². The number of hydrogen-bond acceptors (Lipinski definition) is 3. The van der Waals surface area contributed by atoms with Gasteiger partial charge in [0.05, 0.1) is 5.41 Å². The first-order valence-corrected chi connectivity index (χ1v) is 7.65. The Hall–Kier alpha value is -1.20. The highest BCUT2D eigenvalue weighted by Crippen LogP contribution is 2.46. The molecule has 20 heavy (non-hydrogen) atoms. The molecule has 1 saturated heterocycles. The van der Waals surface area contributed by atoms with Crippen LogP contribution in [0.5, 0.6) is 0 Å². The molecule has 1 aromatic carbocycles. The van der Waals surface area contributed by atoms with E-state index in [0.717, 1.165) is 40.8 Å². The lowest BCUT2D eigenvalue weighted by Crippen LogP contribution is -2.34. The molecule has 2 fully saturated rings. The summed E-state index contributed by atoms with van der Waals surface area (Å²) in [5.74, 6) is -0.345. The first-order chi connectivity index (χ1) is 9.61. The number of carbonyl (C=O) groups excluding carboxylic acids is 2. The molecule has 0 radical (unpaired) electrons. The summed E-state index contributed by atoms with van der Waals surface area (Å²) in [6.07, 6.45) is 3.99. The summed E-state index contributed by atoms with van der Waals surface area (Å²) in [7, 11) is 0. The van der Waals surface area contributed by atoms with Crippen LogP contribution in [-0.4, -0.2) is 16.9 Å². The van der Waals surface area contributed by atoms with Gasteiger partial charge in [-0.2, -0.15) is 5.06 Å². The Morgan fingerprint density at radius 3 is 2.70 bits per heavy atom. The molecule has 1 saturated carbocycles. The molecular formula is C15H16BrNO3. The normalized spacial score (nSPS) is 21.1. The van der Waals surface area contributed by atoms with Crippen LogP contribution in [0.4, 0.5) is 0 Å². The molecule has 0 bridgehead atoms. The maximum absolute atomic E-state index is 12.4. The van der Waals surface area contributed by atoms with Gasteiger partial charge >= 0.3 is 0 Å². The standard InChI is InChI=1S/C15H16BrNO3/c16-12-5-3-4-11(8-12)10-20-17-13(18)9-15(14(17)19)6-1-2-7-15/h3-5,8H,1-2,6-7,9-10H2. The maximum Gasteiger partial charge on any atom is 0.260 e. The van der Waals surface area contributed by atoms with Gasteiger partial charge in [0.1, 0.15) is 6.61 Å². The van der Waals surface area contributed by atoms with Gasteiger partial charge in [0.25, 0.3) is 11.8 Å². The van der Waals surface area contributed by atoms with Gasteiger partial charge in [-0.25, -0.2) is 0 Å². The minimum absolute atomic E-state index is 0.144. The van der Waals surface area contributed by atoms with Gasteiger partial charge in [-0.15, -0.1) is 0 Å².